The third-order valence-electron chi connectivity index (χ3n) is 3.42. The molecule has 0 aromatic rings. The summed E-state index contributed by atoms with van der Waals surface area (Å²) in [5, 5.41) is 3.57. The molecule has 17 heavy (non-hydrogen) atoms. The lowest BCUT2D eigenvalue weighted by Crippen LogP contribution is -2.46. The normalized spacial score (nSPS) is 24.9. The summed E-state index contributed by atoms with van der Waals surface area (Å²) in [6.07, 6.45) is 5.00. The first kappa shape index (κ1) is 12.8. The first-order chi connectivity index (χ1) is 8.34. The van der Waals surface area contributed by atoms with Gasteiger partial charge < -0.3 is 10.1 Å². The maximum Gasteiger partial charge on any atom is 0.0965 e. The molecule has 4 nitrogen and oxygen atoms in total. The van der Waals surface area contributed by atoms with E-state index < -0.39 is 0 Å². The van der Waals surface area contributed by atoms with E-state index in [1.54, 1.807) is 0 Å². The van der Waals surface area contributed by atoms with Crippen molar-refractivity contribution in [3.05, 3.63) is 0 Å². The van der Waals surface area contributed by atoms with E-state index in [4.69, 9.17) is 4.74 Å². The number of hydrogen-bond donors (Lipinski definition) is 1. The summed E-state index contributed by atoms with van der Waals surface area (Å²) >= 11 is 0. The number of rotatable bonds is 3. The molecule has 0 saturated carbocycles. The van der Waals surface area contributed by atoms with Crippen molar-refractivity contribution in [1.82, 2.24) is 10.2 Å². The molecular weight excluding hydrogens is 214 g/mol. The van der Waals surface area contributed by atoms with Crippen molar-refractivity contribution in [2.24, 2.45) is 4.99 Å². The maximum atomic E-state index is 5.36. The van der Waals surface area contributed by atoms with E-state index in [2.05, 4.69) is 22.1 Å². The zero-order valence-corrected chi connectivity index (χ0v) is 11.0. The lowest BCUT2D eigenvalue weighted by atomic mass is 10.2. The van der Waals surface area contributed by atoms with Crippen LogP contribution in [0.4, 0.5) is 0 Å². The molecule has 0 radical (unpaired) electrons. The SMILES string of the molecule is CC(CN1CCOCC1)NC1=NCCCCC1. The van der Waals surface area contributed by atoms with Gasteiger partial charge in [-0.2, -0.15) is 0 Å². The lowest BCUT2D eigenvalue weighted by molar-refractivity contribution is 0.0352. The van der Waals surface area contributed by atoms with Crippen LogP contribution in [-0.2, 0) is 4.74 Å². The smallest absolute Gasteiger partial charge is 0.0965 e. The van der Waals surface area contributed by atoms with Crippen molar-refractivity contribution in [2.75, 3.05) is 39.4 Å². The lowest BCUT2D eigenvalue weighted by Gasteiger charge is -2.29. The Morgan fingerprint density at radius 1 is 1.29 bits per heavy atom. The Hall–Kier alpha value is -0.610. The van der Waals surface area contributed by atoms with Crippen LogP contribution < -0.4 is 5.32 Å². The Morgan fingerprint density at radius 3 is 2.94 bits per heavy atom. The molecule has 1 unspecified atom stereocenters. The molecule has 0 aromatic carbocycles. The van der Waals surface area contributed by atoms with Gasteiger partial charge in [0.05, 0.1) is 19.0 Å². The van der Waals surface area contributed by atoms with Gasteiger partial charge in [0.15, 0.2) is 0 Å². The summed E-state index contributed by atoms with van der Waals surface area (Å²) in [7, 11) is 0. The molecule has 1 fully saturated rings. The van der Waals surface area contributed by atoms with Gasteiger partial charge in [-0.05, 0) is 19.8 Å². The predicted octanol–water partition coefficient (Wildman–Crippen LogP) is 1.27. The maximum absolute atomic E-state index is 5.36. The molecule has 1 atom stereocenters. The molecule has 1 N–H and O–H groups in total. The zero-order valence-electron chi connectivity index (χ0n) is 11.0. The fraction of sp³-hybridized carbons (Fsp3) is 0.923. The Labute approximate surface area is 104 Å². The third kappa shape index (κ3) is 4.64. The fourth-order valence-electron chi connectivity index (χ4n) is 2.49. The van der Waals surface area contributed by atoms with Crippen molar-refractivity contribution in [2.45, 2.75) is 38.6 Å². The van der Waals surface area contributed by atoms with E-state index in [9.17, 15) is 0 Å². The van der Waals surface area contributed by atoms with Crippen molar-refractivity contribution < 1.29 is 4.74 Å². The van der Waals surface area contributed by atoms with Crippen molar-refractivity contribution in [3.63, 3.8) is 0 Å². The summed E-state index contributed by atoms with van der Waals surface area (Å²) in [6.45, 7) is 8.26. The van der Waals surface area contributed by atoms with Gasteiger partial charge in [-0.3, -0.25) is 9.89 Å². The van der Waals surface area contributed by atoms with E-state index >= 15 is 0 Å². The van der Waals surface area contributed by atoms with Crippen LogP contribution in [0.5, 0.6) is 0 Å². The highest BCUT2D eigenvalue weighted by Crippen LogP contribution is 2.07. The number of ether oxygens (including phenoxy) is 1. The van der Waals surface area contributed by atoms with E-state index in [0.29, 0.717) is 6.04 Å². The molecule has 0 amide bonds. The largest absolute Gasteiger partial charge is 0.379 e. The second-order valence-corrected chi connectivity index (χ2v) is 5.10. The van der Waals surface area contributed by atoms with Gasteiger partial charge in [-0.1, -0.05) is 6.42 Å². The highest BCUT2D eigenvalue weighted by molar-refractivity contribution is 5.82. The average molecular weight is 239 g/mol. The van der Waals surface area contributed by atoms with E-state index in [1.165, 1.54) is 25.1 Å². The van der Waals surface area contributed by atoms with Crippen LogP contribution in [0.1, 0.15) is 32.6 Å². The second kappa shape index (κ2) is 6.97. The molecule has 0 bridgehead atoms. The van der Waals surface area contributed by atoms with Gasteiger partial charge in [0.1, 0.15) is 0 Å². The molecule has 0 aromatic heterocycles. The minimum absolute atomic E-state index is 0.491. The van der Waals surface area contributed by atoms with E-state index in [0.717, 1.165) is 45.8 Å². The van der Waals surface area contributed by atoms with Gasteiger partial charge in [0, 0.05) is 38.6 Å². The molecule has 98 valence electrons. The highest BCUT2D eigenvalue weighted by atomic mass is 16.5. The molecule has 0 aliphatic carbocycles. The van der Waals surface area contributed by atoms with Crippen LogP contribution in [0.15, 0.2) is 4.99 Å². The Bertz CT molecular complexity index is 249. The monoisotopic (exact) mass is 239 g/mol. The summed E-state index contributed by atoms with van der Waals surface area (Å²) in [6, 6.07) is 0.491. The van der Waals surface area contributed by atoms with E-state index in [-0.39, 0.29) is 0 Å². The summed E-state index contributed by atoms with van der Waals surface area (Å²) < 4.78 is 5.36. The predicted molar refractivity (Wildman–Crippen MR) is 70.6 cm³/mol. The first-order valence-corrected chi connectivity index (χ1v) is 6.94. The van der Waals surface area contributed by atoms with Gasteiger partial charge in [0.25, 0.3) is 0 Å². The summed E-state index contributed by atoms with van der Waals surface area (Å²) in [5.41, 5.74) is 0. The van der Waals surface area contributed by atoms with Crippen LogP contribution in [-0.4, -0.2) is 56.2 Å². The molecule has 2 heterocycles. The third-order valence-corrected chi connectivity index (χ3v) is 3.42. The number of nitrogens with one attached hydrogen (secondary N) is 1. The standard InChI is InChI=1S/C13H25N3O/c1-12(11-16-7-9-17-10-8-16)15-13-5-3-2-4-6-14-13/h12H,2-11H2,1H3,(H,14,15). The molecule has 2 rings (SSSR count). The van der Waals surface area contributed by atoms with Crippen LogP contribution in [0.3, 0.4) is 0 Å². The second-order valence-electron chi connectivity index (χ2n) is 5.10. The Kier molecular flexibility index (Phi) is 5.26. The average Bonchev–Trinajstić information content (AvgIpc) is 2.59. The number of nitrogens with zero attached hydrogens (tertiary/aromatic N) is 2. The Balaban J connectivity index is 1.71. The first-order valence-electron chi connectivity index (χ1n) is 6.94. The van der Waals surface area contributed by atoms with Gasteiger partial charge in [0.2, 0.25) is 0 Å². The van der Waals surface area contributed by atoms with Gasteiger partial charge in [-0.25, -0.2) is 0 Å². The minimum atomic E-state index is 0.491. The summed E-state index contributed by atoms with van der Waals surface area (Å²) in [5.74, 6) is 1.23. The summed E-state index contributed by atoms with van der Waals surface area (Å²) in [4.78, 5) is 7.09. The number of aliphatic imine (C=N–C) groups is 1. The Morgan fingerprint density at radius 2 is 2.12 bits per heavy atom. The number of hydrogen-bond acceptors (Lipinski definition) is 4. The van der Waals surface area contributed by atoms with Crippen LogP contribution in [0.2, 0.25) is 0 Å². The van der Waals surface area contributed by atoms with Gasteiger partial charge in [-0.15, -0.1) is 0 Å². The highest BCUT2D eigenvalue weighted by Gasteiger charge is 2.14. The van der Waals surface area contributed by atoms with Crippen molar-refractivity contribution >= 4 is 5.84 Å². The fourth-order valence-corrected chi connectivity index (χ4v) is 2.49. The van der Waals surface area contributed by atoms with Crippen LogP contribution >= 0.6 is 0 Å². The minimum Gasteiger partial charge on any atom is -0.379 e. The molecular formula is C13H25N3O. The molecule has 4 heteroatoms. The molecule has 2 aliphatic heterocycles. The van der Waals surface area contributed by atoms with Crippen LogP contribution in [0.25, 0.3) is 0 Å². The molecule has 2 aliphatic rings. The zero-order chi connectivity index (χ0) is 11.9. The molecule has 0 spiro atoms. The molecule has 1 saturated heterocycles. The van der Waals surface area contributed by atoms with Crippen molar-refractivity contribution in [3.8, 4) is 0 Å². The van der Waals surface area contributed by atoms with Crippen molar-refractivity contribution in [1.29, 1.82) is 0 Å². The number of morpholine rings is 1. The quantitative estimate of drug-likeness (QED) is 0.806. The van der Waals surface area contributed by atoms with Gasteiger partial charge >= 0.3 is 0 Å². The van der Waals surface area contributed by atoms with E-state index in [1.807, 2.05) is 0 Å². The topological polar surface area (TPSA) is 36.9 Å². The number of amidine groups is 1. The van der Waals surface area contributed by atoms with Crippen LogP contribution in [0, 0.1) is 0 Å².